The van der Waals surface area contributed by atoms with E-state index in [1.165, 1.54) is 0 Å². The van der Waals surface area contributed by atoms with Crippen molar-refractivity contribution in [1.82, 2.24) is 4.90 Å². The van der Waals surface area contributed by atoms with Crippen LogP contribution in [0.2, 0.25) is 0 Å². The van der Waals surface area contributed by atoms with E-state index in [0.29, 0.717) is 19.3 Å². The normalized spacial score (nSPS) is 28.6. The highest BCUT2D eigenvalue weighted by molar-refractivity contribution is 5.79. The van der Waals surface area contributed by atoms with Gasteiger partial charge in [0, 0.05) is 36.4 Å². The average Bonchev–Trinajstić information content (AvgIpc) is 2.66. The maximum absolute atomic E-state index is 12.6. The first-order valence-corrected chi connectivity index (χ1v) is 7.85. The van der Waals surface area contributed by atoms with Gasteiger partial charge in [-0.1, -0.05) is 5.11 Å². The summed E-state index contributed by atoms with van der Waals surface area (Å²) in [6.45, 7) is 5.75. The molecule has 0 N–H and O–H groups in total. The topological polar surface area (TPSA) is 95.4 Å². The number of likely N-dealkylation sites (tertiary alicyclic amines) is 1. The van der Waals surface area contributed by atoms with Crippen molar-refractivity contribution in [3.8, 4) is 0 Å². The molecule has 1 saturated carbocycles. The van der Waals surface area contributed by atoms with Gasteiger partial charge in [0.1, 0.15) is 11.4 Å². The molecule has 2 rings (SSSR count). The smallest absolute Gasteiger partial charge is 0.410 e. The molecule has 1 unspecified atom stereocenters. The highest BCUT2D eigenvalue weighted by Gasteiger charge is 2.45. The first kappa shape index (κ1) is 16.6. The van der Waals surface area contributed by atoms with Crippen molar-refractivity contribution in [2.45, 2.75) is 70.6 Å². The van der Waals surface area contributed by atoms with Crippen LogP contribution in [0.15, 0.2) is 5.11 Å². The number of ketones is 1. The number of azide groups is 1. The van der Waals surface area contributed by atoms with E-state index in [1.807, 2.05) is 20.8 Å². The monoisotopic (exact) mass is 308 g/mol. The van der Waals surface area contributed by atoms with Crippen LogP contribution in [0, 0.1) is 5.92 Å². The van der Waals surface area contributed by atoms with Gasteiger partial charge in [-0.15, -0.1) is 0 Å². The number of carbonyl (C=O) groups is 2. The lowest BCUT2D eigenvalue weighted by molar-refractivity contribution is -0.119. The Bertz CT molecular complexity index is 494. The number of rotatable bonds is 2. The number of hydrogen-bond acceptors (Lipinski definition) is 4. The van der Waals surface area contributed by atoms with Gasteiger partial charge < -0.3 is 9.64 Å². The van der Waals surface area contributed by atoms with Gasteiger partial charge in [0.25, 0.3) is 0 Å². The van der Waals surface area contributed by atoms with Gasteiger partial charge in [0.2, 0.25) is 0 Å². The van der Waals surface area contributed by atoms with Crippen LogP contribution in [-0.2, 0) is 9.53 Å². The Balaban J connectivity index is 2.19. The molecule has 1 heterocycles. The zero-order valence-corrected chi connectivity index (χ0v) is 13.5. The summed E-state index contributed by atoms with van der Waals surface area (Å²) < 4.78 is 5.52. The molecule has 22 heavy (non-hydrogen) atoms. The number of carbonyl (C=O) groups excluding carboxylic acids is 2. The minimum Gasteiger partial charge on any atom is -0.444 e. The molecule has 7 heteroatoms. The van der Waals surface area contributed by atoms with E-state index < -0.39 is 5.60 Å². The Kier molecular flexibility index (Phi) is 4.96. The summed E-state index contributed by atoms with van der Waals surface area (Å²) in [4.78, 5) is 28.8. The highest BCUT2D eigenvalue weighted by Crippen LogP contribution is 2.39. The first-order chi connectivity index (χ1) is 10.3. The van der Waals surface area contributed by atoms with Crippen LogP contribution in [0.5, 0.6) is 0 Å². The molecule has 0 aromatic carbocycles. The highest BCUT2D eigenvalue weighted by atomic mass is 16.6. The number of hydrogen-bond donors (Lipinski definition) is 0. The van der Waals surface area contributed by atoms with Gasteiger partial charge in [-0.3, -0.25) is 4.79 Å². The molecular weight excluding hydrogens is 284 g/mol. The summed E-state index contributed by atoms with van der Waals surface area (Å²) in [7, 11) is 0. The van der Waals surface area contributed by atoms with Crippen molar-refractivity contribution in [3.63, 3.8) is 0 Å². The molecular formula is C15H24N4O3. The zero-order valence-electron chi connectivity index (χ0n) is 13.5. The maximum atomic E-state index is 12.6. The summed E-state index contributed by atoms with van der Waals surface area (Å²) in [5.41, 5.74) is 7.98. The van der Waals surface area contributed by atoms with Gasteiger partial charge in [-0.05, 0) is 51.5 Å². The molecule has 0 radical (unpaired) electrons. The lowest BCUT2D eigenvalue weighted by atomic mass is 9.94. The van der Waals surface area contributed by atoms with Crippen molar-refractivity contribution in [3.05, 3.63) is 10.4 Å². The average molecular weight is 308 g/mol. The standard InChI is InChI=1S/C15H24N4O3/c1-15(2,3)22-14(21)19-11(9-17-18-16)8-10-4-5-12(20)6-7-13(10)19/h10-11,13H,4-9H2,1-3H3/t10-,11?,13+/m0/s1. The van der Waals surface area contributed by atoms with Crippen LogP contribution in [-0.4, -0.2) is 41.0 Å². The molecule has 122 valence electrons. The molecule has 1 saturated heterocycles. The lowest BCUT2D eigenvalue weighted by Crippen LogP contribution is -2.46. The Morgan fingerprint density at radius 1 is 1.41 bits per heavy atom. The third kappa shape index (κ3) is 3.91. The molecule has 0 aromatic rings. The number of nitrogens with zero attached hydrogens (tertiary/aromatic N) is 4. The predicted octanol–water partition coefficient (Wildman–Crippen LogP) is 3.43. The maximum Gasteiger partial charge on any atom is 0.410 e. The summed E-state index contributed by atoms with van der Waals surface area (Å²) >= 11 is 0. The quantitative estimate of drug-likeness (QED) is 0.444. The van der Waals surface area contributed by atoms with Gasteiger partial charge in [-0.2, -0.15) is 0 Å². The van der Waals surface area contributed by atoms with Gasteiger partial charge in [-0.25, -0.2) is 4.79 Å². The second kappa shape index (κ2) is 6.57. The van der Waals surface area contributed by atoms with E-state index in [-0.39, 0.29) is 36.4 Å². The Morgan fingerprint density at radius 3 is 2.73 bits per heavy atom. The molecule has 1 aliphatic heterocycles. The fourth-order valence-electron chi connectivity index (χ4n) is 3.48. The van der Waals surface area contributed by atoms with Crippen molar-refractivity contribution in [2.75, 3.05) is 6.54 Å². The summed E-state index contributed by atoms with van der Waals surface area (Å²) in [5.74, 6) is 0.558. The molecule has 1 aliphatic carbocycles. The molecule has 0 spiro atoms. The summed E-state index contributed by atoms with van der Waals surface area (Å²) in [5, 5.41) is 3.64. The fraction of sp³-hybridized carbons (Fsp3) is 0.867. The van der Waals surface area contributed by atoms with E-state index in [4.69, 9.17) is 10.3 Å². The van der Waals surface area contributed by atoms with Gasteiger partial charge in [0.15, 0.2) is 0 Å². The third-order valence-corrected chi connectivity index (χ3v) is 4.34. The van der Waals surface area contributed by atoms with E-state index in [1.54, 1.807) is 4.90 Å². The first-order valence-electron chi connectivity index (χ1n) is 7.85. The SMILES string of the molecule is CC(C)(C)OC(=O)N1C(CN=[N+]=[N-])C[C@@H]2CCC(=O)CC[C@H]21. The van der Waals surface area contributed by atoms with Crippen molar-refractivity contribution < 1.29 is 14.3 Å². The van der Waals surface area contributed by atoms with Crippen molar-refractivity contribution in [1.29, 1.82) is 0 Å². The van der Waals surface area contributed by atoms with Crippen LogP contribution in [0.1, 0.15) is 52.9 Å². The zero-order chi connectivity index (χ0) is 16.3. The minimum absolute atomic E-state index is 0.0141. The van der Waals surface area contributed by atoms with E-state index in [2.05, 4.69) is 10.0 Å². The molecule has 3 atom stereocenters. The van der Waals surface area contributed by atoms with Crippen LogP contribution in [0.3, 0.4) is 0 Å². The molecule has 7 nitrogen and oxygen atoms in total. The Labute approximate surface area is 130 Å². The Morgan fingerprint density at radius 2 is 2.09 bits per heavy atom. The summed E-state index contributed by atoms with van der Waals surface area (Å²) in [6.07, 6.45) is 2.97. The second-order valence-electron chi connectivity index (χ2n) is 7.13. The number of amides is 1. The predicted molar refractivity (Wildman–Crippen MR) is 81.2 cm³/mol. The molecule has 2 fully saturated rings. The molecule has 0 bridgehead atoms. The van der Waals surface area contributed by atoms with Gasteiger partial charge >= 0.3 is 6.09 Å². The van der Waals surface area contributed by atoms with Crippen LogP contribution >= 0.6 is 0 Å². The Hall–Kier alpha value is -1.75. The van der Waals surface area contributed by atoms with E-state index >= 15 is 0 Å². The van der Waals surface area contributed by atoms with E-state index in [0.717, 1.165) is 12.8 Å². The number of Topliss-reactive ketones (excluding diaryl/α,β-unsaturated/α-hetero) is 1. The van der Waals surface area contributed by atoms with Gasteiger partial charge in [0.05, 0.1) is 0 Å². The molecule has 1 amide bonds. The lowest BCUT2D eigenvalue weighted by Gasteiger charge is -2.32. The number of ether oxygens (including phenoxy) is 1. The third-order valence-electron chi connectivity index (χ3n) is 4.34. The van der Waals surface area contributed by atoms with Crippen LogP contribution in [0.25, 0.3) is 10.4 Å². The van der Waals surface area contributed by atoms with Crippen LogP contribution < -0.4 is 0 Å². The minimum atomic E-state index is -0.571. The van der Waals surface area contributed by atoms with Crippen molar-refractivity contribution >= 4 is 11.9 Å². The molecule has 2 aliphatic rings. The number of fused-ring (bicyclic) bond motifs is 1. The molecule has 0 aromatic heterocycles. The largest absolute Gasteiger partial charge is 0.444 e. The summed E-state index contributed by atoms with van der Waals surface area (Å²) in [6, 6.07) is -0.117. The van der Waals surface area contributed by atoms with Crippen molar-refractivity contribution in [2.24, 2.45) is 11.0 Å². The second-order valence-corrected chi connectivity index (χ2v) is 7.13. The fourth-order valence-corrected chi connectivity index (χ4v) is 3.48. The van der Waals surface area contributed by atoms with Crippen LogP contribution in [0.4, 0.5) is 4.79 Å². The van der Waals surface area contributed by atoms with E-state index in [9.17, 15) is 9.59 Å².